The molecule has 0 aliphatic carbocycles. The number of hydrogen-bond acceptors (Lipinski definition) is 4. The van der Waals surface area contributed by atoms with E-state index in [-0.39, 0.29) is 0 Å². The number of ether oxygens (including phenoxy) is 2. The molecule has 5 heteroatoms. The van der Waals surface area contributed by atoms with Crippen LogP contribution in [0.2, 0.25) is 0 Å². The number of carbonyl (C=O) groups excluding carboxylic acids is 1. The molecule has 0 saturated carbocycles. The lowest BCUT2D eigenvalue weighted by Crippen LogP contribution is -2.39. The summed E-state index contributed by atoms with van der Waals surface area (Å²) >= 11 is 0. The van der Waals surface area contributed by atoms with Gasteiger partial charge in [-0.2, -0.15) is 0 Å². The van der Waals surface area contributed by atoms with Crippen molar-refractivity contribution >= 4 is 11.9 Å². The van der Waals surface area contributed by atoms with Gasteiger partial charge >= 0.3 is 11.9 Å². The lowest BCUT2D eigenvalue weighted by molar-refractivity contribution is -0.154. The van der Waals surface area contributed by atoms with Crippen LogP contribution in [0.5, 0.6) is 0 Å². The summed E-state index contributed by atoms with van der Waals surface area (Å²) in [5.74, 6) is -1.94. The molecule has 0 aromatic heterocycles. The second-order valence-corrected chi connectivity index (χ2v) is 4.47. The number of benzene rings is 1. The van der Waals surface area contributed by atoms with Crippen molar-refractivity contribution < 1.29 is 24.2 Å². The third-order valence-corrected chi connectivity index (χ3v) is 2.68. The summed E-state index contributed by atoms with van der Waals surface area (Å²) < 4.78 is 10.1. The first-order valence-electron chi connectivity index (χ1n) is 6.11. The number of aliphatic carboxylic acids is 1. The standard InChI is InChI=1S/C15H18O5/c1-10(2)9-12(19-3)13(14(16)17)20-15(18)11-7-5-4-6-8-11/h4-8,12-13H,1,9H2,2-3H3,(H,16,17)/t12?,13-/m0/s1. The van der Waals surface area contributed by atoms with Gasteiger partial charge in [0, 0.05) is 7.11 Å². The van der Waals surface area contributed by atoms with Gasteiger partial charge in [0.2, 0.25) is 6.10 Å². The molecule has 0 aliphatic rings. The number of esters is 1. The van der Waals surface area contributed by atoms with Crippen molar-refractivity contribution in [3.05, 3.63) is 48.0 Å². The first-order chi connectivity index (χ1) is 9.45. The topological polar surface area (TPSA) is 72.8 Å². The number of carbonyl (C=O) groups is 2. The lowest BCUT2D eigenvalue weighted by Gasteiger charge is -2.22. The maximum Gasteiger partial charge on any atom is 0.347 e. The van der Waals surface area contributed by atoms with E-state index in [2.05, 4.69) is 6.58 Å². The number of carboxylic acids is 1. The molecule has 5 nitrogen and oxygen atoms in total. The molecule has 0 heterocycles. The number of carboxylic acid groups (broad SMARTS) is 1. The molecule has 1 rings (SSSR count). The van der Waals surface area contributed by atoms with E-state index in [9.17, 15) is 14.7 Å². The molecule has 0 radical (unpaired) electrons. The Morgan fingerprint density at radius 1 is 1.30 bits per heavy atom. The van der Waals surface area contributed by atoms with E-state index in [0.29, 0.717) is 12.0 Å². The van der Waals surface area contributed by atoms with Gasteiger partial charge in [-0.3, -0.25) is 0 Å². The van der Waals surface area contributed by atoms with Crippen LogP contribution < -0.4 is 0 Å². The molecule has 2 atom stereocenters. The number of hydrogen-bond donors (Lipinski definition) is 1. The zero-order valence-electron chi connectivity index (χ0n) is 11.5. The van der Waals surface area contributed by atoms with Crippen LogP contribution in [-0.2, 0) is 14.3 Å². The molecular formula is C15H18O5. The largest absolute Gasteiger partial charge is 0.478 e. The molecule has 1 unspecified atom stereocenters. The Kier molecular flexibility index (Phi) is 5.93. The van der Waals surface area contributed by atoms with E-state index in [1.165, 1.54) is 7.11 Å². The monoisotopic (exact) mass is 278 g/mol. The molecule has 0 saturated heterocycles. The second kappa shape index (κ2) is 7.45. The fraction of sp³-hybridized carbons (Fsp3) is 0.333. The molecular weight excluding hydrogens is 260 g/mol. The zero-order valence-corrected chi connectivity index (χ0v) is 11.5. The summed E-state index contributed by atoms with van der Waals surface area (Å²) in [7, 11) is 1.37. The van der Waals surface area contributed by atoms with E-state index < -0.39 is 24.1 Å². The maximum atomic E-state index is 11.9. The highest BCUT2D eigenvalue weighted by Gasteiger charge is 2.32. The Bertz CT molecular complexity index is 480. The summed E-state index contributed by atoms with van der Waals surface area (Å²) in [5, 5.41) is 9.20. The fourth-order valence-electron chi connectivity index (χ4n) is 1.70. The zero-order chi connectivity index (χ0) is 15.1. The summed E-state index contributed by atoms with van der Waals surface area (Å²) in [4.78, 5) is 23.2. The molecule has 0 spiro atoms. The van der Waals surface area contributed by atoms with Crippen LogP contribution in [0.1, 0.15) is 23.7 Å². The van der Waals surface area contributed by atoms with Crippen molar-refractivity contribution in [2.45, 2.75) is 25.6 Å². The Morgan fingerprint density at radius 3 is 2.35 bits per heavy atom. The van der Waals surface area contributed by atoms with Crippen molar-refractivity contribution in [1.29, 1.82) is 0 Å². The van der Waals surface area contributed by atoms with Gasteiger partial charge in [-0.15, -0.1) is 6.58 Å². The Hall–Kier alpha value is -2.14. The van der Waals surface area contributed by atoms with Crippen LogP contribution in [0.3, 0.4) is 0 Å². The predicted octanol–water partition coefficient (Wildman–Crippen LogP) is 2.28. The minimum atomic E-state index is -1.37. The van der Waals surface area contributed by atoms with Crippen LogP contribution in [-0.4, -0.2) is 36.4 Å². The van der Waals surface area contributed by atoms with Crippen molar-refractivity contribution in [2.75, 3.05) is 7.11 Å². The second-order valence-electron chi connectivity index (χ2n) is 4.47. The van der Waals surface area contributed by atoms with Gasteiger partial charge < -0.3 is 14.6 Å². The van der Waals surface area contributed by atoms with Crippen molar-refractivity contribution in [2.24, 2.45) is 0 Å². The molecule has 0 fully saturated rings. The first-order valence-corrected chi connectivity index (χ1v) is 6.11. The van der Waals surface area contributed by atoms with Gasteiger partial charge in [-0.25, -0.2) is 9.59 Å². The lowest BCUT2D eigenvalue weighted by atomic mass is 10.1. The van der Waals surface area contributed by atoms with Crippen LogP contribution in [0.15, 0.2) is 42.5 Å². The average molecular weight is 278 g/mol. The van der Waals surface area contributed by atoms with Gasteiger partial charge in [0.1, 0.15) is 6.10 Å². The highest BCUT2D eigenvalue weighted by atomic mass is 16.6. The van der Waals surface area contributed by atoms with Crippen LogP contribution >= 0.6 is 0 Å². The van der Waals surface area contributed by atoms with Crippen molar-refractivity contribution in [3.8, 4) is 0 Å². The number of rotatable bonds is 7. The molecule has 0 aliphatic heterocycles. The molecule has 1 aromatic rings. The Labute approximate surface area is 117 Å². The van der Waals surface area contributed by atoms with Crippen LogP contribution in [0.25, 0.3) is 0 Å². The van der Waals surface area contributed by atoms with Crippen LogP contribution in [0.4, 0.5) is 0 Å². The highest BCUT2D eigenvalue weighted by Crippen LogP contribution is 2.15. The van der Waals surface area contributed by atoms with Gasteiger partial charge in [0.05, 0.1) is 5.56 Å². The smallest absolute Gasteiger partial charge is 0.347 e. The quantitative estimate of drug-likeness (QED) is 0.612. The van der Waals surface area contributed by atoms with E-state index in [1.807, 2.05) is 0 Å². The summed E-state index contributed by atoms with van der Waals surface area (Å²) in [6, 6.07) is 8.22. The Morgan fingerprint density at radius 2 is 1.90 bits per heavy atom. The SMILES string of the molecule is C=C(C)CC(OC)[C@H](OC(=O)c1ccccc1)C(=O)O. The molecule has 20 heavy (non-hydrogen) atoms. The summed E-state index contributed by atoms with van der Waals surface area (Å²) in [6.07, 6.45) is -1.84. The van der Waals surface area contributed by atoms with Gasteiger partial charge in [-0.05, 0) is 25.5 Å². The highest BCUT2D eigenvalue weighted by molar-refractivity contribution is 5.91. The first kappa shape index (κ1) is 15.9. The van der Waals surface area contributed by atoms with E-state index in [1.54, 1.807) is 37.3 Å². The van der Waals surface area contributed by atoms with E-state index in [4.69, 9.17) is 9.47 Å². The van der Waals surface area contributed by atoms with E-state index >= 15 is 0 Å². The minimum absolute atomic E-state index is 0.295. The Balaban J connectivity index is 2.84. The fourth-order valence-corrected chi connectivity index (χ4v) is 1.70. The van der Waals surface area contributed by atoms with Crippen LogP contribution in [0, 0.1) is 0 Å². The molecule has 1 N–H and O–H groups in total. The van der Waals surface area contributed by atoms with Gasteiger partial charge in [0.25, 0.3) is 0 Å². The normalized spacial score (nSPS) is 13.3. The molecule has 1 aromatic carbocycles. The maximum absolute atomic E-state index is 11.9. The molecule has 0 bridgehead atoms. The van der Waals surface area contributed by atoms with Gasteiger partial charge in [0.15, 0.2) is 0 Å². The van der Waals surface area contributed by atoms with Gasteiger partial charge in [-0.1, -0.05) is 23.8 Å². The summed E-state index contributed by atoms with van der Waals surface area (Å²) in [6.45, 7) is 5.46. The third kappa shape index (κ3) is 4.51. The molecule has 108 valence electrons. The van der Waals surface area contributed by atoms with E-state index in [0.717, 1.165) is 5.57 Å². The third-order valence-electron chi connectivity index (χ3n) is 2.68. The van der Waals surface area contributed by atoms with Crippen molar-refractivity contribution in [3.63, 3.8) is 0 Å². The van der Waals surface area contributed by atoms with Crippen molar-refractivity contribution in [1.82, 2.24) is 0 Å². The summed E-state index contributed by atoms with van der Waals surface area (Å²) in [5.41, 5.74) is 1.04. The average Bonchev–Trinajstić information content (AvgIpc) is 2.42. The minimum Gasteiger partial charge on any atom is -0.478 e. The number of methoxy groups -OCH3 is 1. The molecule has 0 amide bonds. The predicted molar refractivity (Wildman–Crippen MR) is 73.5 cm³/mol.